The molecule has 0 saturated heterocycles. The van der Waals surface area contributed by atoms with Gasteiger partial charge in [-0.05, 0) is 98.7 Å². The van der Waals surface area contributed by atoms with Gasteiger partial charge in [-0.2, -0.15) is 23.5 Å². The summed E-state index contributed by atoms with van der Waals surface area (Å²) >= 11 is 3.77. The Labute approximate surface area is 221 Å². The van der Waals surface area contributed by atoms with Crippen LogP contribution in [0.3, 0.4) is 0 Å². The second-order valence-corrected chi connectivity index (χ2v) is 11.2. The van der Waals surface area contributed by atoms with Crippen molar-refractivity contribution in [2.24, 2.45) is 11.8 Å². The minimum Gasteiger partial charge on any atom is -0.400 e. The normalized spacial score (nSPS) is 22.3. The highest BCUT2D eigenvalue weighted by Crippen LogP contribution is 2.38. The van der Waals surface area contributed by atoms with Gasteiger partial charge in [0.2, 0.25) is 0 Å². The summed E-state index contributed by atoms with van der Waals surface area (Å²) in [6.45, 7) is 0. The van der Waals surface area contributed by atoms with E-state index in [1.807, 2.05) is 24.3 Å². The van der Waals surface area contributed by atoms with E-state index in [4.69, 9.17) is 10.2 Å². The highest BCUT2D eigenvalue weighted by atomic mass is 32.2. The van der Waals surface area contributed by atoms with Crippen LogP contribution in [0, 0.1) is 11.8 Å². The van der Waals surface area contributed by atoms with Crippen molar-refractivity contribution in [1.29, 1.82) is 0 Å². The minimum absolute atomic E-state index is 0.826. The van der Waals surface area contributed by atoms with Crippen LogP contribution in [-0.2, 0) is 0 Å². The Kier molecular flexibility index (Phi) is 24.4. The molecule has 0 radical (unpaired) electrons. The summed E-state index contributed by atoms with van der Waals surface area (Å²) in [5, 5.41) is 14.0. The number of aliphatic hydroxyl groups is 2. The first-order chi connectivity index (χ1) is 16.8. The van der Waals surface area contributed by atoms with Crippen molar-refractivity contribution in [2.75, 3.05) is 38.7 Å². The summed E-state index contributed by atoms with van der Waals surface area (Å²) in [6.07, 6.45) is 37.0. The first-order valence-corrected chi connectivity index (χ1v) is 16.7. The van der Waals surface area contributed by atoms with Crippen molar-refractivity contribution in [2.45, 2.75) is 103 Å². The molecule has 4 heteroatoms. The van der Waals surface area contributed by atoms with Gasteiger partial charge in [-0.3, -0.25) is 0 Å². The molecule has 0 atom stereocenters. The number of hydrogen-bond donors (Lipinski definition) is 2. The molecule has 0 aromatic rings. The fourth-order valence-corrected chi connectivity index (χ4v) is 6.04. The maximum atomic E-state index is 7.00. The molecule has 34 heavy (non-hydrogen) atoms. The predicted molar refractivity (Wildman–Crippen MR) is 159 cm³/mol. The van der Waals surface area contributed by atoms with Gasteiger partial charge >= 0.3 is 0 Å². The Morgan fingerprint density at radius 3 is 1.59 bits per heavy atom. The largest absolute Gasteiger partial charge is 0.400 e. The van der Waals surface area contributed by atoms with Crippen molar-refractivity contribution in [3.05, 3.63) is 34.9 Å². The first kappa shape index (κ1) is 33.8. The van der Waals surface area contributed by atoms with E-state index < -0.39 is 0 Å². The van der Waals surface area contributed by atoms with Crippen molar-refractivity contribution in [3.63, 3.8) is 0 Å². The quantitative estimate of drug-likeness (QED) is 0.395. The van der Waals surface area contributed by atoms with Crippen molar-refractivity contribution >= 4 is 23.5 Å². The molecule has 2 nitrogen and oxygen atoms in total. The summed E-state index contributed by atoms with van der Waals surface area (Å²) in [5.41, 5.74) is 5.17. The van der Waals surface area contributed by atoms with Gasteiger partial charge in [0.25, 0.3) is 0 Å². The van der Waals surface area contributed by atoms with Crippen LogP contribution in [-0.4, -0.2) is 49.0 Å². The molecule has 3 rings (SSSR count). The zero-order valence-corrected chi connectivity index (χ0v) is 24.8. The van der Waals surface area contributed by atoms with Crippen molar-refractivity contribution < 1.29 is 10.2 Å². The highest BCUT2D eigenvalue weighted by Gasteiger charge is 2.23. The Balaban J connectivity index is 0.00000141. The SMILES string of the molecule is CO.CO.CSC.CSC/C1=C\CCCCCCC=C(C2CCCCC2)C=C1C1CCCCC1. The topological polar surface area (TPSA) is 40.5 Å². The van der Waals surface area contributed by atoms with Crippen LogP contribution in [0.25, 0.3) is 0 Å². The van der Waals surface area contributed by atoms with Crippen LogP contribution < -0.4 is 0 Å². The van der Waals surface area contributed by atoms with E-state index in [1.54, 1.807) is 28.5 Å². The van der Waals surface area contributed by atoms with E-state index >= 15 is 0 Å². The zero-order chi connectivity index (χ0) is 25.4. The van der Waals surface area contributed by atoms with Gasteiger partial charge < -0.3 is 10.2 Å². The van der Waals surface area contributed by atoms with Gasteiger partial charge in [0.1, 0.15) is 0 Å². The summed E-state index contributed by atoms with van der Waals surface area (Å²) in [7, 11) is 2.00. The lowest BCUT2D eigenvalue weighted by Crippen LogP contribution is -2.15. The molecule has 3 aliphatic carbocycles. The van der Waals surface area contributed by atoms with Gasteiger partial charge in [-0.15, -0.1) is 0 Å². The lowest BCUT2D eigenvalue weighted by molar-refractivity contribution is 0.397. The third-order valence-corrected chi connectivity index (χ3v) is 7.64. The highest BCUT2D eigenvalue weighted by molar-refractivity contribution is 7.98. The van der Waals surface area contributed by atoms with Crippen LogP contribution >= 0.6 is 23.5 Å². The lowest BCUT2D eigenvalue weighted by atomic mass is 9.77. The minimum atomic E-state index is 0.826. The maximum Gasteiger partial charge on any atom is 0.0319 e. The van der Waals surface area contributed by atoms with Gasteiger partial charge in [0.15, 0.2) is 0 Å². The molecule has 3 aliphatic rings. The standard InChI is InChI=1S/C26H42S.C2H6S.2CH4O/c1-27-21-25-19-9-5-3-2-4-8-18-24(22-14-10-6-11-15-22)20-26(25)23-16-12-7-13-17-23;1-3-2;2*1-2/h18-20,22-23H,2-17,21H2,1H3;1-2H3;2*2H,1H3/b24-18?,25-19+,26-20?;;;. The molecule has 0 aromatic heterocycles. The summed E-state index contributed by atoms with van der Waals surface area (Å²) in [5.74, 6) is 2.88. The third kappa shape index (κ3) is 14.4. The Morgan fingerprint density at radius 2 is 1.09 bits per heavy atom. The molecule has 2 saturated carbocycles. The van der Waals surface area contributed by atoms with Gasteiger partial charge in [-0.1, -0.05) is 69.6 Å². The van der Waals surface area contributed by atoms with E-state index in [-0.39, 0.29) is 0 Å². The molecule has 0 heterocycles. The van der Waals surface area contributed by atoms with Crippen LogP contribution in [0.5, 0.6) is 0 Å². The maximum absolute atomic E-state index is 7.00. The molecule has 2 fully saturated rings. The van der Waals surface area contributed by atoms with E-state index in [9.17, 15) is 0 Å². The summed E-state index contributed by atoms with van der Waals surface area (Å²) in [6, 6.07) is 0. The molecular weight excluding hydrogens is 456 g/mol. The third-order valence-electron chi connectivity index (χ3n) is 7.04. The van der Waals surface area contributed by atoms with E-state index in [1.165, 1.54) is 108 Å². The number of thioether (sulfide) groups is 2. The van der Waals surface area contributed by atoms with Crippen LogP contribution in [0.2, 0.25) is 0 Å². The van der Waals surface area contributed by atoms with Crippen LogP contribution in [0.1, 0.15) is 103 Å². The Morgan fingerprint density at radius 1 is 0.647 bits per heavy atom. The van der Waals surface area contributed by atoms with E-state index in [2.05, 4.69) is 24.5 Å². The zero-order valence-electron chi connectivity index (χ0n) is 23.1. The van der Waals surface area contributed by atoms with Crippen molar-refractivity contribution in [1.82, 2.24) is 0 Å². The van der Waals surface area contributed by atoms with Gasteiger partial charge in [0.05, 0.1) is 0 Å². The molecule has 2 N–H and O–H groups in total. The molecule has 0 aromatic carbocycles. The van der Waals surface area contributed by atoms with E-state index in [0.29, 0.717) is 0 Å². The smallest absolute Gasteiger partial charge is 0.0319 e. The van der Waals surface area contributed by atoms with Gasteiger partial charge in [0, 0.05) is 20.0 Å². The molecule has 0 unspecified atom stereocenters. The van der Waals surface area contributed by atoms with Crippen LogP contribution in [0.4, 0.5) is 0 Å². The molecule has 0 bridgehead atoms. The molecule has 0 amide bonds. The van der Waals surface area contributed by atoms with Crippen LogP contribution in [0.15, 0.2) is 34.9 Å². The monoisotopic (exact) mass is 512 g/mol. The Bertz CT molecular complexity index is 542. The average molecular weight is 513 g/mol. The second-order valence-electron chi connectivity index (χ2n) is 9.54. The fraction of sp³-hybridized carbons (Fsp3) is 0.800. The lowest BCUT2D eigenvalue weighted by Gasteiger charge is -2.29. The van der Waals surface area contributed by atoms with Gasteiger partial charge in [-0.25, -0.2) is 0 Å². The molecule has 200 valence electrons. The average Bonchev–Trinajstić information content (AvgIpc) is 2.90. The number of rotatable bonds is 4. The number of hydrogen-bond acceptors (Lipinski definition) is 4. The predicted octanol–water partition coefficient (Wildman–Crippen LogP) is 8.84. The number of aliphatic hydroxyl groups excluding tert-OH is 2. The first-order valence-electron chi connectivity index (χ1n) is 13.7. The van der Waals surface area contributed by atoms with E-state index in [0.717, 1.165) is 26.1 Å². The summed E-state index contributed by atoms with van der Waals surface area (Å²) < 4.78 is 0. The summed E-state index contributed by atoms with van der Waals surface area (Å²) in [4.78, 5) is 0. The Hall–Kier alpha value is -0.160. The molecule has 0 spiro atoms. The fourth-order valence-electron chi connectivity index (χ4n) is 5.45. The van der Waals surface area contributed by atoms with Crippen molar-refractivity contribution in [3.8, 4) is 0 Å². The number of allylic oxidation sites excluding steroid dienone is 5. The second kappa shape index (κ2) is 24.5. The molecular formula is C30H56O2S2. The molecule has 0 aliphatic heterocycles.